The summed E-state index contributed by atoms with van der Waals surface area (Å²) >= 11 is 3.49. The average Bonchev–Trinajstić information content (AvgIpc) is 2.45. The predicted octanol–water partition coefficient (Wildman–Crippen LogP) is 3.37. The summed E-state index contributed by atoms with van der Waals surface area (Å²) in [6.07, 6.45) is 5.10. The summed E-state index contributed by atoms with van der Waals surface area (Å²) in [5.41, 5.74) is 1.22. The predicted molar refractivity (Wildman–Crippen MR) is 83.3 cm³/mol. The number of pyridine rings is 1. The molecular formula is C15H24BrN3. The van der Waals surface area contributed by atoms with Gasteiger partial charge in [0.25, 0.3) is 0 Å². The summed E-state index contributed by atoms with van der Waals surface area (Å²) in [5.74, 6) is 0. The zero-order valence-electron chi connectivity index (χ0n) is 11.7. The van der Waals surface area contributed by atoms with Gasteiger partial charge in [-0.1, -0.05) is 32.3 Å². The molecule has 1 aromatic heterocycles. The third-order valence-corrected chi connectivity index (χ3v) is 4.19. The van der Waals surface area contributed by atoms with E-state index in [0.717, 1.165) is 30.8 Å². The molecule has 19 heavy (non-hydrogen) atoms. The van der Waals surface area contributed by atoms with Gasteiger partial charge in [-0.15, -0.1) is 0 Å². The van der Waals surface area contributed by atoms with E-state index in [-0.39, 0.29) is 0 Å². The van der Waals surface area contributed by atoms with Crippen LogP contribution < -0.4 is 5.32 Å². The lowest BCUT2D eigenvalue weighted by Crippen LogP contribution is -2.45. The van der Waals surface area contributed by atoms with Gasteiger partial charge in [-0.2, -0.15) is 0 Å². The Morgan fingerprint density at radius 1 is 1.32 bits per heavy atom. The van der Waals surface area contributed by atoms with Crippen LogP contribution in [-0.4, -0.2) is 36.1 Å². The van der Waals surface area contributed by atoms with Gasteiger partial charge in [0, 0.05) is 26.2 Å². The van der Waals surface area contributed by atoms with E-state index in [1.807, 2.05) is 6.07 Å². The summed E-state index contributed by atoms with van der Waals surface area (Å²) in [7, 11) is 0. The van der Waals surface area contributed by atoms with Crippen LogP contribution in [0.25, 0.3) is 0 Å². The molecule has 1 aliphatic heterocycles. The summed E-state index contributed by atoms with van der Waals surface area (Å²) in [6, 6.07) is 6.75. The second-order valence-corrected chi connectivity index (χ2v) is 6.00. The van der Waals surface area contributed by atoms with E-state index in [1.165, 1.54) is 31.4 Å². The van der Waals surface area contributed by atoms with Crippen LogP contribution in [0.5, 0.6) is 0 Å². The van der Waals surface area contributed by atoms with Crippen LogP contribution in [0.2, 0.25) is 0 Å². The van der Waals surface area contributed by atoms with Gasteiger partial charge in [-0.05, 0) is 34.5 Å². The first-order chi connectivity index (χ1) is 9.31. The van der Waals surface area contributed by atoms with Crippen molar-refractivity contribution >= 4 is 15.9 Å². The normalized spacial score (nSPS) is 18.4. The van der Waals surface area contributed by atoms with Crippen LogP contribution in [0.15, 0.2) is 22.8 Å². The lowest BCUT2D eigenvalue weighted by atomic mass is 10.0. The molecule has 0 amide bonds. The smallest absolute Gasteiger partial charge is 0.106 e. The molecule has 0 bridgehead atoms. The van der Waals surface area contributed by atoms with Crippen LogP contribution in [-0.2, 0) is 0 Å². The second-order valence-electron chi connectivity index (χ2n) is 5.18. The lowest BCUT2D eigenvalue weighted by Gasteiger charge is -2.34. The van der Waals surface area contributed by atoms with Crippen molar-refractivity contribution in [2.24, 2.45) is 0 Å². The van der Waals surface area contributed by atoms with Gasteiger partial charge in [0.05, 0.1) is 11.7 Å². The number of hydrogen-bond acceptors (Lipinski definition) is 3. The SMILES string of the molecule is CCCCC[C@H](c1cccc(Br)n1)N1CCNCC1. The van der Waals surface area contributed by atoms with E-state index in [1.54, 1.807) is 0 Å². The first-order valence-electron chi connectivity index (χ1n) is 7.38. The number of nitrogens with one attached hydrogen (secondary N) is 1. The molecule has 0 aliphatic carbocycles. The Hall–Kier alpha value is -0.450. The van der Waals surface area contributed by atoms with Crippen molar-refractivity contribution in [3.05, 3.63) is 28.5 Å². The molecule has 0 saturated carbocycles. The van der Waals surface area contributed by atoms with Crippen molar-refractivity contribution in [2.45, 2.75) is 38.6 Å². The minimum absolute atomic E-state index is 0.478. The largest absolute Gasteiger partial charge is 0.314 e. The minimum Gasteiger partial charge on any atom is -0.314 e. The molecule has 106 valence electrons. The Balaban J connectivity index is 2.08. The third-order valence-electron chi connectivity index (χ3n) is 3.75. The first kappa shape index (κ1) is 14.9. The molecule has 1 atom stereocenters. The first-order valence-corrected chi connectivity index (χ1v) is 8.18. The van der Waals surface area contributed by atoms with Crippen LogP contribution in [0.4, 0.5) is 0 Å². The molecule has 4 heteroatoms. The van der Waals surface area contributed by atoms with Crippen molar-refractivity contribution in [2.75, 3.05) is 26.2 Å². The fourth-order valence-electron chi connectivity index (χ4n) is 2.71. The van der Waals surface area contributed by atoms with Crippen LogP contribution >= 0.6 is 15.9 Å². The van der Waals surface area contributed by atoms with Gasteiger partial charge in [0.2, 0.25) is 0 Å². The van der Waals surface area contributed by atoms with Gasteiger partial charge in [-0.25, -0.2) is 4.98 Å². The Morgan fingerprint density at radius 3 is 2.79 bits per heavy atom. The van der Waals surface area contributed by atoms with E-state index < -0.39 is 0 Å². The standard InChI is InChI=1S/C15H24BrN3/c1-2-3-4-7-14(19-11-9-17-10-12-19)13-6-5-8-15(16)18-13/h5-6,8,14,17H,2-4,7,9-12H2,1H3/t14-/m1/s1. The quantitative estimate of drug-likeness (QED) is 0.642. The van der Waals surface area contributed by atoms with Gasteiger partial charge in [0.15, 0.2) is 0 Å². The van der Waals surface area contributed by atoms with Crippen molar-refractivity contribution in [3.63, 3.8) is 0 Å². The van der Waals surface area contributed by atoms with E-state index in [9.17, 15) is 0 Å². The van der Waals surface area contributed by atoms with Crippen LogP contribution in [0.3, 0.4) is 0 Å². The molecule has 0 radical (unpaired) electrons. The van der Waals surface area contributed by atoms with Crippen molar-refractivity contribution in [3.8, 4) is 0 Å². The van der Waals surface area contributed by atoms with E-state index in [0.29, 0.717) is 6.04 Å². The molecule has 2 rings (SSSR count). The summed E-state index contributed by atoms with van der Waals surface area (Å²) in [4.78, 5) is 7.27. The van der Waals surface area contributed by atoms with Gasteiger partial charge < -0.3 is 5.32 Å². The van der Waals surface area contributed by atoms with E-state index >= 15 is 0 Å². The number of hydrogen-bond donors (Lipinski definition) is 1. The van der Waals surface area contributed by atoms with E-state index in [4.69, 9.17) is 0 Å². The van der Waals surface area contributed by atoms with Crippen molar-refractivity contribution in [1.82, 2.24) is 15.2 Å². The Kier molecular flexibility index (Phi) is 6.28. The Bertz CT molecular complexity index is 377. The average molecular weight is 326 g/mol. The molecule has 1 aliphatic rings. The summed E-state index contributed by atoms with van der Waals surface area (Å²) < 4.78 is 0.945. The van der Waals surface area contributed by atoms with E-state index in [2.05, 4.69) is 50.2 Å². The highest BCUT2D eigenvalue weighted by molar-refractivity contribution is 9.10. The van der Waals surface area contributed by atoms with Crippen LogP contribution in [0, 0.1) is 0 Å². The molecule has 1 saturated heterocycles. The molecule has 1 fully saturated rings. The van der Waals surface area contributed by atoms with Crippen molar-refractivity contribution in [1.29, 1.82) is 0 Å². The topological polar surface area (TPSA) is 28.2 Å². The Morgan fingerprint density at radius 2 is 2.11 bits per heavy atom. The molecule has 0 spiro atoms. The Labute approximate surface area is 124 Å². The van der Waals surface area contributed by atoms with Crippen LogP contribution in [0.1, 0.15) is 44.3 Å². The number of rotatable bonds is 6. The molecule has 3 nitrogen and oxygen atoms in total. The zero-order valence-corrected chi connectivity index (χ0v) is 13.3. The maximum Gasteiger partial charge on any atom is 0.106 e. The van der Waals surface area contributed by atoms with Gasteiger partial charge >= 0.3 is 0 Å². The number of aromatic nitrogens is 1. The molecular weight excluding hydrogens is 302 g/mol. The number of halogens is 1. The fraction of sp³-hybridized carbons (Fsp3) is 0.667. The maximum absolute atomic E-state index is 4.68. The zero-order chi connectivity index (χ0) is 13.5. The fourth-order valence-corrected chi connectivity index (χ4v) is 3.07. The number of unbranched alkanes of at least 4 members (excludes halogenated alkanes) is 2. The number of nitrogens with zero attached hydrogens (tertiary/aromatic N) is 2. The highest BCUT2D eigenvalue weighted by Crippen LogP contribution is 2.26. The molecule has 2 heterocycles. The minimum atomic E-state index is 0.478. The molecule has 1 N–H and O–H groups in total. The monoisotopic (exact) mass is 325 g/mol. The summed E-state index contributed by atoms with van der Waals surface area (Å²) in [5, 5.41) is 3.43. The number of piperazine rings is 1. The van der Waals surface area contributed by atoms with Crippen molar-refractivity contribution < 1.29 is 0 Å². The lowest BCUT2D eigenvalue weighted by molar-refractivity contribution is 0.159. The molecule has 0 unspecified atom stereocenters. The van der Waals surface area contributed by atoms with Gasteiger partial charge in [-0.3, -0.25) is 4.90 Å². The maximum atomic E-state index is 4.68. The second kappa shape index (κ2) is 7.98. The highest BCUT2D eigenvalue weighted by atomic mass is 79.9. The highest BCUT2D eigenvalue weighted by Gasteiger charge is 2.22. The third kappa shape index (κ3) is 4.55. The van der Waals surface area contributed by atoms with Gasteiger partial charge in [0.1, 0.15) is 4.60 Å². The summed E-state index contributed by atoms with van der Waals surface area (Å²) in [6.45, 7) is 6.71. The molecule has 0 aromatic carbocycles. The molecule has 1 aromatic rings.